The van der Waals surface area contributed by atoms with Crippen LogP contribution in [0.1, 0.15) is 45.1 Å². The van der Waals surface area contributed by atoms with Crippen LogP contribution in [-0.2, 0) is 6.54 Å². The number of nitrogens with one attached hydrogen (secondary N) is 1. The number of rotatable bonds is 8. The van der Waals surface area contributed by atoms with Crippen LogP contribution in [0.25, 0.3) is 0 Å². The molecule has 21 heavy (non-hydrogen) atoms. The van der Waals surface area contributed by atoms with Crippen molar-refractivity contribution in [1.82, 2.24) is 5.32 Å². The van der Waals surface area contributed by atoms with Gasteiger partial charge in [0.2, 0.25) is 0 Å². The molecule has 1 aromatic rings. The topological polar surface area (TPSA) is 15.3 Å². The molecule has 1 fully saturated rings. The van der Waals surface area contributed by atoms with Crippen molar-refractivity contribution in [2.75, 3.05) is 30.8 Å². The molecule has 0 amide bonds. The largest absolute Gasteiger partial charge is 0.372 e. The van der Waals surface area contributed by atoms with Crippen molar-refractivity contribution in [3.05, 3.63) is 29.8 Å². The molecule has 0 spiro atoms. The van der Waals surface area contributed by atoms with Crippen molar-refractivity contribution < 1.29 is 0 Å². The first-order chi connectivity index (χ1) is 10.2. The SMILES string of the molecule is CCN(CC)c1ccc(CNCC2(SC)CCCC2)cc1. The van der Waals surface area contributed by atoms with Gasteiger partial charge in [-0.05, 0) is 50.6 Å². The molecule has 0 unspecified atom stereocenters. The lowest BCUT2D eigenvalue weighted by atomic mass is 10.1. The molecule has 0 aliphatic heterocycles. The third kappa shape index (κ3) is 4.40. The highest BCUT2D eigenvalue weighted by atomic mass is 32.2. The van der Waals surface area contributed by atoms with Crippen LogP contribution in [0.15, 0.2) is 24.3 Å². The number of hydrogen-bond acceptors (Lipinski definition) is 3. The maximum atomic E-state index is 3.68. The standard InChI is InChI=1S/C18H30N2S/c1-4-20(5-2)17-10-8-16(9-11-17)14-19-15-18(21-3)12-6-7-13-18/h8-11,19H,4-7,12-15H2,1-3H3. The Morgan fingerprint density at radius 3 is 2.24 bits per heavy atom. The van der Waals surface area contributed by atoms with Gasteiger partial charge in [-0.25, -0.2) is 0 Å². The summed E-state index contributed by atoms with van der Waals surface area (Å²) in [5, 5.41) is 3.68. The normalized spacial score (nSPS) is 17.1. The van der Waals surface area contributed by atoms with Crippen molar-refractivity contribution in [3.8, 4) is 0 Å². The molecule has 118 valence electrons. The van der Waals surface area contributed by atoms with Crippen LogP contribution in [0.4, 0.5) is 5.69 Å². The molecular weight excluding hydrogens is 276 g/mol. The number of anilines is 1. The fourth-order valence-corrected chi connectivity index (χ4v) is 4.26. The van der Waals surface area contributed by atoms with Crippen molar-refractivity contribution >= 4 is 17.4 Å². The minimum Gasteiger partial charge on any atom is -0.372 e. The lowest BCUT2D eigenvalue weighted by Gasteiger charge is -2.27. The molecule has 0 bridgehead atoms. The zero-order valence-electron chi connectivity index (χ0n) is 13.8. The Labute approximate surface area is 134 Å². The van der Waals surface area contributed by atoms with Crippen LogP contribution in [0.2, 0.25) is 0 Å². The number of thioether (sulfide) groups is 1. The number of hydrogen-bond donors (Lipinski definition) is 1. The Bertz CT molecular complexity index is 406. The summed E-state index contributed by atoms with van der Waals surface area (Å²) in [6, 6.07) is 9.04. The highest BCUT2D eigenvalue weighted by Crippen LogP contribution is 2.39. The fourth-order valence-electron chi connectivity index (χ4n) is 3.32. The second kappa shape index (κ2) is 8.09. The summed E-state index contributed by atoms with van der Waals surface area (Å²) in [5.41, 5.74) is 2.72. The van der Waals surface area contributed by atoms with E-state index in [1.807, 2.05) is 0 Å². The van der Waals surface area contributed by atoms with Crippen LogP contribution in [-0.4, -0.2) is 30.6 Å². The van der Waals surface area contributed by atoms with Gasteiger partial charge < -0.3 is 10.2 Å². The predicted octanol–water partition coefficient (Wildman–Crippen LogP) is 4.30. The quantitative estimate of drug-likeness (QED) is 0.771. The van der Waals surface area contributed by atoms with Gasteiger partial charge in [-0.3, -0.25) is 0 Å². The summed E-state index contributed by atoms with van der Waals surface area (Å²) in [5.74, 6) is 0. The van der Waals surface area contributed by atoms with E-state index in [-0.39, 0.29) is 0 Å². The maximum absolute atomic E-state index is 3.68. The molecular formula is C18H30N2S. The Kier molecular flexibility index (Phi) is 6.43. The van der Waals surface area contributed by atoms with E-state index in [0.717, 1.165) is 26.2 Å². The van der Waals surface area contributed by atoms with Gasteiger partial charge in [0.1, 0.15) is 0 Å². The lowest BCUT2D eigenvalue weighted by molar-refractivity contribution is 0.534. The van der Waals surface area contributed by atoms with Crippen LogP contribution >= 0.6 is 11.8 Å². The Morgan fingerprint density at radius 2 is 1.71 bits per heavy atom. The molecule has 2 nitrogen and oxygen atoms in total. The van der Waals surface area contributed by atoms with Gasteiger partial charge in [0, 0.05) is 36.6 Å². The van der Waals surface area contributed by atoms with Gasteiger partial charge in [-0.2, -0.15) is 11.8 Å². The van der Waals surface area contributed by atoms with Crippen LogP contribution in [0.3, 0.4) is 0 Å². The Hall–Kier alpha value is -0.670. The van der Waals surface area contributed by atoms with E-state index in [2.05, 4.69) is 66.3 Å². The first-order valence-electron chi connectivity index (χ1n) is 8.33. The summed E-state index contributed by atoms with van der Waals surface area (Å²) in [6.07, 6.45) is 7.83. The number of benzene rings is 1. The smallest absolute Gasteiger partial charge is 0.0366 e. The van der Waals surface area contributed by atoms with E-state index >= 15 is 0 Å². The van der Waals surface area contributed by atoms with Gasteiger partial charge in [0.05, 0.1) is 0 Å². The summed E-state index contributed by atoms with van der Waals surface area (Å²) < 4.78 is 0.501. The van der Waals surface area contributed by atoms with Crippen LogP contribution < -0.4 is 10.2 Å². The summed E-state index contributed by atoms with van der Waals surface area (Å²) in [6.45, 7) is 8.70. The Morgan fingerprint density at radius 1 is 1.10 bits per heavy atom. The molecule has 1 saturated carbocycles. The van der Waals surface area contributed by atoms with Crippen molar-refractivity contribution in [3.63, 3.8) is 0 Å². The molecule has 3 heteroatoms. The molecule has 0 heterocycles. The van der Waals surface area contributed by atoms with E-state index in [9.17, 15) is 0 Å². The van der Waals surface area contributed by atoms with Gasteiger partial charge in [-0.15, -0.1) is 0 Å². The third-order valence-corrected chi connectivity index (χ3v) is 6.21. The van der Waals surface area contributed by atoms with E-state index in [1.54, 1.807) is 0 Å². The molecule has 0 atom stereocenters. The minimum absolute atomic E-state index is 0.501. The van der Waals surface area contributed by atoms with Crippen molar-refractivity contribution in [2.24, 2.45) is 0 Å². The molecule has 1 N–H and O–H groups in total. The predicted molar refractivity (Wildman–Crippen MR) is 96.4 cm³/mol. The highest BCUT2D eigenvalue weighted by molar-refractivity contribution is 8.00. The second-order valence-electron chi connectivity index (χ2n) is 6.04. The Balaban J connectivity index is 1.83. The average Bonchev–Trinajstić information content (AvgIpc) is 2.99. The molecule has 0 aromatic heterocycles. The summed E-state index contributed by atoms with van der Waals surface area (Å²) in [4.78, 5) is 2.39. The molecule has 1 aliphatic rings. The molecule has 2 rings (SSSR count). The zero-order chi connectivity index (χ0) is 15.1. The monoisotopic (exact) mass is 306 g/mol. The van der Waals surface area contributed by atoms with Gasteiger partial charge in [-0.1, -0.05) is 25.0 Å². The van der Waals surface area contributed by atoms with Crippen LogP contribution in [0, 0.1) is 0 Å². The lowest BCUT2D eigenvalue weighted by Crippen LogP contribution is -2.34. The third-order valence-electron chi connectivity index (χ3n) is 4.79. The van der Waals surface area contributed by atoms with E-state index in [0.29, 0.717) is 4.75 Å². The van der Waals surface area contributed by atoms with E-state index in [1.165, 1.54) is 36.9 Å². The van der Waals surface area contributed by atoms with E-state index < -0.39 is 0 Å². The maximum Gasteiger partial charge on any atom is 0.0366 e. The minimum atomic E-state index is 0.501. The van der Waals surface area contributed by atoms with Crippen molar-refractivity contribution in [1.29, 1.82) is 0 Å². The van der Waals surface area contributed by atoms with Gasteiger partial charge >= 0.3 is 0 Å². The molecule has 0 radical (unpaired) electrons. The second-order valence-corrected chi connectivity index (χ2v) is 7.31. The molecule has 0 saturated heterocycles. The fraction of sp³-hybridized carbons (Fsp3) is 0.667. The van der Waals surface area contributed by atoms with E-state index in [4.69, 9.17) is 0 Å². The number of nitrogens with zero attached hydrogens (tertiary/aromatic N) is 1. The first kappa shape index (κ1) is 16.7. The average molecular weight is 307 g/mol. The van der Waals surface area contributed by atoms with Gasteiger partial charge in [0.15, 0.2) is 0 Å². The first-order valence-corrected chi connectivity index (χ1v) is 9.55. The summed E-state index contributed by atoms with van der Waals surface area (Å²) >= 11 is 2.06. The zero-order valence-corrected chi connectivity index (χ0v) is 14.6. The summed E-state index contributed by atoms with van der Waals surface area (Å²) in [7, 11) is 0. The highest BCUT2D eigenvalue weighted by Gasteiger charge is 2.32. The molecule has 1 aromatic carbocycles. The molecule has 1 aliphatic carbocycles. The van der Waals surface area contributed by atoms with Crippen LogP contribution in [0.5, 0.6) is 0 Å². The van der Waals surface area contributed by atoms with Crippen molar-refractivity contribution in [2.45, 2.75) is 50.8 Å². The van der Waals surface area contributed by atoms with Gasteiger partial charge in [0.25, 0.3) is 0 Å².